The van der Waals surface area contributed by atoms with Gasteiger partial charge in [-0.3, -0.25) is 28.8 Å². The summed E-state index contributed by atoms with van der Waals surface area (Å²) >= 11 is 7.87. The predicted octanol–water partition coefficient (Wildman–Crippen LogP) is 6.61. The van der Waals surface area contributed by atoms with Crippen molar-refractivity contribution in [3.63, 3.8) is 0 Å². The zero-order valence-electron chi connectivity index (χ0n) is 27.1. The Morgan fingerprint density at radius 1 is 1.02 bits per heavy atom. The first-order valence-electron chi connectivity index (χ1n) is 16.4. The fourth-order valence-corrected chi connectivity index (χ4v) is 10.3. The number of hydrogen-bond donors (Lipinski definition) is 1. The minimum absolute atomic E-state index is 0.0916. The van der Waals surface area contributed by atoms with E-state index in [4.69, 9.17) is 16.7 Å². The molecule has 4 amide bonds. The van der Waals surface area contributed by atoms with Crippen LogP contribution in [0.1, 0.15) is 50.2 Å². The third-order valence-electron chi connectivity index (χ3n) is 11.3. The second-order valence-corrected chi connectivity index (χ2v) is 15.3. The molecule has 11 heteroatoms. The number of anilines is 1. The van der Waals surface area contributed by atoms with E-state index in [1.807, 2.05) is 45.0 Å². The SMILES string of the molecule is CCCN1C(=O)[C@H]2[C@H](CC=C3[C@H]2C[C@H]2C(=O)N(c4cc(-c5sc6ccc(Cl)cc6c5C)nn4C)C(=O)[C@@]2(C)[C@H]3c2ccc(O)cc2)C1=O. The van der Waals surface area contributed by atoms with Gasteiger partial charge in [-0.05, 0) is 85.9 Å². The van der Waals surface area contributed by atoms with Gasteiger partial charge in [-0.15, -0.1) is 11.3 Å². The van der Waals surface area contributed by atoms with Crippen LogP contribution in [0.15, 0.2) is 60.2 Å². The van der Waals surface area contributed by atoms with Crippen LogP contribution in [0.3, 0.4) is 0 Å². The number of aromatic nitrogens is 2. The number of imide groups is 2. The molecule has 8 rings (SSSR count). The molecule has 4 aromatic rings. The lowest BCUT2D eigenvalue weighted by Gasteiger charge is -2.49. The van der Waals surface area contributed by atoms with Crippen molar-refractivity contribution < 1.29 is 24.3 Å². The smallest absolute Gasteiger partial charge is 0.242 e. The zero-order chi connectivity index (χ0) is 33.8. The van der Waals surface area contributed by atoms with E-state index in [0.29, 0.717) is 42.3 Å². The molecule has 0 radical (unpaired) electrons. The summed E-state index contributed by atoms with van der Waals surface area (Å²) in [5.74, 6) is -3.19. The Labute approximate surface area is 286 Å². The molecule has 0 bridgehead atoms. The van der Waals surface area contributed by atoms with Crippen molar-refractivity contribution >= 4 is 62.5 Å². The fourth-order valence-electron chi connectivity index (χ4n) is 9.01. The molecule has 4 aliphatic rings. The number of phenolic OH excluding ortho intramolecular Hbond substituents is 1. The molecule has 48 heavy (non-hydrogen) atoms. The number of thiophene rings is 1. The molecule has 2 saturated heterocycles. The fraction of sp³-hybridized carbons (Fsp3) is 0.378. The molecule has 246 valence electrons. The Morgan fingerprint density at radius 2 is 1.77 bits per heavy atom. The van der Waals surface area contributed by atoms with E-state index in [2.05, 4.69) is 0 Å². The number of allylic oxidation sites excluding steroid dienone is 2. The highest BCUT2D eigenvalue weighted by molar-refractivity contribution is 7.22. The molecule has 0 unspecified atom stereocenters. The third kappa shape index (κ3) is 4.18. The Morgan fingerprint density at radius 3 is 2.50 bits per heavy atom. The van der Waals surface area contributed by atoms with Crippen molar-refractivity contribution in [1.82, 2.24) is 14.7 Å². The van der Waals surface area contributed by atoms with Crippen molar-refractivity contribution in [3.8, 4) is 16.3 Å². The van der Waals surface area contributed by atoms with Crippen LogP contribution in [-0.4, -0.2) is 50.0 Å². The molecule has 1 N–H and O–H groups in total. The Hall–Kier alpha value is -4.28. The van der Waals surface area contributed by atoms with E-state index in [-0.39, 0.29) is 35.3 Å². The van der Waals surface area contributed by atoms with E-state index in [0.717, 1.165) is 31.7 Å². The number of amides is 4. The minimum atomic E-state index is -1.17. The number of likely N-dealkylation sites (tertiary alicyclic amines) is 1. The maximum atomic E-state index is 14.9. The average molecular weight is 683 g/mol. The van der Waals surface area contributed by atoms with Gasteiger partial charge in [-0.2, -0.15) is 5.10 Å². The first kappa shape index (κ1) is 31.0. The van der Waals surface area contributed by atoms with Crippen molar-refractivity contribution in [2.45, 2.75) is 46.0 Å². The first-order valence-corrected chi connectivity index (χ1v) is 17.6. The van der Waals surface area contributed by atoms with Gasteiger partial charge in [0.15, 0.2) is 0 Å². The molecule has 1 saturated carbocycles. The van der Waals surface area contributed by atoms with E-state index in [9.17, 15) is 24.3 Å². The number of hydrogen-bond acceptors (Lipinski definition) is 7. The third-order valence-corrected chi connectivity index (χ3v) is 12.8. The number of fused-ring (bicyclic) bond motifs is 5. The lowest BCUT2D eigenvalue weighted by Crippen LogP contribution is -2.48. The zero-order valence-corrected chi connectivity index (χ0v) is 28.6. The molecule has 2 aromatic heterocycles. The number of aryl methyl sites for hydroxylation is 2. The van der Waals surface area contributed by atoms with Crippen molar-refractivity contribution in [3.05, 3.63) is 76.3 Å². The molecular weight excluding hydrogens is 648 g/mol. The van der Waals surface area contributed by atoms with E-state index in [1.54, 1.807) is 53.4 Å². The minimum Gasteiger partial charge on any atom is -0.508 e. The first-order chi connectivity index (χ1) is 22.9. The van der Waals surface area contributed by atoms with Gasteiger partial charge in [0.05, 0.1) is 28.0 Å². The van der Waals surface area contributed by atoms with Crippen LogP contribution in [0.4, 0.5) is 5.82 Å². The number of nitrogens with zero attached hydrogens (tertiary/aromatic N) is 4. The van der Waals surface area contributed by atoms with Crippen molar-refractivity contribution in [2.75, 3.05) is 11.4 Å². The summed E-state index contributed by atoms with van der Waals surface area (Å²) in [6, 6.07) is 14.3. The van der Waals surface area contributed by atoms with Crippen molar-refractivity contribution in [1.29, 1.82) is 0 Å². The van der Waals surface area contributed by atoms with Crippen molar-refractivity contribution in [2.24, 2.45) is 36.1 Å². The molecule has 4 heterocycles. The lowest BCUT2D eigenvalue weighted by molar-refractivity contribution is -0.140. The van der Waals surface area contributed by atoms with Gasteiger partial charge >= 0.3 is 0 Å². The van der Waals surface area contributed by atoms with Gasteiger partial charge in [0.1, 0.15) is 17.3 Å². The molecular formula is C37H35ClN4O5S. The maximum Gasteiger partial charge on any atom is 0.242 e. The number of phenols is 1. The highest BCUT2D eigenvalue weighted by atomic mass is 35.5. The topological polar surface area (TPSA) is 113 Å². The van der Waals surface area contributed by atoms with E-state index >= 15 is 0 Å². The van der Waals surface area contributed by atoms with E-state index < -0.39 is 29.1 Å². The number of carbonyl (C=O) groups is 4. The van der Waals surface area contributed by atoms with Crippen LogP contribution in [0.2, 0.25) is 5.02 Å². The lowest BCUT2D eigenvalue weighted by atomic mass is 9.51. The van der Waals surface area contributed by atoms with Crippen LogP contribution >= 0.6 is 22.9 Å². The largest absolute Gasteiger partial charge is 0.508 e. The van der Waals surface area contributed by atoms with E-state index in [1.165, 1.54) is 9.80 Å². The summed E-state index contributed by atoms with van der Waals surface area (Å²) in [5.41, 5.74) is 2.21. The predicted molar refractivity (Wildman–Crippen MR) is 184 cm³/mol. The maximum absolute atomic E-state index is 14.9. The summed E-state index contributed by atoms with van der Waals surface area (Å²) < 4.78 is 2.65. The number of aromatic hydroxyl groups is 1. The number of halogens is 1. The molecule has 2 aromatic carbocycles. The Bertz CT molecular complexity index is 2100. The van der Waals surface area contributed by atoms with Gasteiger partial charge in [0.25, 0.3) is 0 Å². The molecule has 0 spiro atoms. The Kier molecular flexibility index (Phi) is 7.02. The molecule has 3 fully saturated rings. The van der Waals surface area contributed by atoms with Gasteiger partial charge in [0.2, 0.25) is 23.6 Å². The van der Waals surface area contributed by atoms with Gasteiger partial charge in [-0.1, -0.05) is 42.3 Å². The summed E-state index contributed by atoms with van der Waals surface area (Å²) in [4.78, 5) is 60.4. The molecule has 2 aliphatic carbocycles. The van der Waals surface area contributed by atoms with Crippen LogP contribution in [0.5, 0.6) is 5.75 Å². The van der Waals surface area contributed by atoms with Gasteiger partial charge in [-0.25, -0.2) is 4.90 Å². The number of carbonyl (C=O) groups excluding carboxylic acids is 4. The molecule has 2 aliphatic heterocycles. The van der Waals surface area contributed by atoms with Gasteiger partial charge < -0.3 is 5.11 Å². The standard InChI is InChI=1S/C37H35ClN4O5S/c1-5-14-41-33(44)23-12-11-22-25(30(23)35(41)46)16-26-34(45)42(36(47)37(26,3)31(22)19-6-9-21(43)10-7-19)29-17-27(39-40(29)4)32-18(2)24-15-20(38)8-13-28(24)48-32/h6-11,13,15,17,23,25-26,30-31,43H,5,12,14,16H2,1-4H3/t23-,25+,26-,30-,31-,37+/m0/s1. The van der Waals surface area contributed by atoms with Crippen LogP contribution in [0, 0.1) is 36.0 Å². The average Bonchev–Trinajstić information content (AvgIpc) is 3.73. The highest BCUT2D eigenvalue weighted by Crippen LogP contribution is 2.63. The van der Waals surface area contributed by atoms with Crippen LogP contribution in [0.25, 0.3) is 20.7 Å². The number of benzene rings is 2. The quantitative estimate of drug-likeness (QED) is 0.187. The normalized spacial score (nSPS) is 28.3. The highest BCUT2D eigenvalue weighted by Gasteiger charge is 2.67. The Balaban J connectivity index is 1.24. The summed E-state index contributed by atoms with van der Waals surface area (Å²) in [7, 11) is 1.73. The second-order valence-electron chi connectivity index (χ2n) is 13.8. The summed E-state index contributed by atoms with van der Waals surface area (Å²) in [6.07, 6.45) is 3.42. The molecule has 9 nitrogen and oxygen atoms in total. The number of rotatable bonds is 5. The van der Waals surface area contributed by atoms with Crippen LogP contribution < -0.4 is 4.90 Å². The summed E-state index contributed by atoms with van der Waals surface area (Å²) in [5, 5.41) is 16.6. The second kappa shape index (κ2) is 10.9. The monoisotopic (exact) mass is 682 g/mol. The van der Waals surface area contributed by atoms with Crippen LogP contribution in [-0.2, 0) is 26.2 Å². The summed E-state index contributed by atoms with van der Waals surface area (Å²) in [6.45, 7) is 6.19. The van der Waals surface area contributed by atoms with Gasteiger partial charge in [0, 0.05) is 35.3 Å². The molecule has 6 atom stereocenters.